The lowest BCUT2D eigenvalue weighted by atomic mass is 10.1. The Morgan fingerprint density at radius 3 is 2.56 bits per heavy atom. The summed E-state index contributed by atoms with van der Waals surface area (Å²) < 4.78 is 0. The number of hydrogen-bond acceptors (Lipinski definition) is 5. The van der Waals surface area contributed by atoms with E-state index in [9.17, 15) is 9.90 Å². The van der Waals surface area contributed by atoms with Crippen LogP contribution in [0.15, 0.2) is 54.6 Å². The predicted molar refractivity (Wildman–Crippen MR) is 103 cm³/mol. The van der Waals surface area contributed by atoms with Crippen molar-refractivity contribution < 1.29 is 9.90 Å². The van der Waals surface area contributed by atoms with Crippen LogP contribution in [0, 0.1) is 0 Å². The molecule has 0 fully saturated rings. The number of fused-ring (bicyclic) bond motifs is 1. The molecule has 0 amide bonds. The Bertz CT molecular complexity index is 871. The first-order valence-electron chi connectivity index (χ1n) is 7.99. The molecule has 0 aliphatic rings. The summed E-state index contributed by atoms with van der Waals surface area (Å²) in [4.78, 5) is 20.8. The van der Waals surface area contributed by atoms with Crippen LogP contribution >= 0.6 is 11.8 Å². The molecular formula is C19H19N3O2S. The van der Waals surface area contributed by atoms with Crippen molar-refractivity contribution in [1.29, 1.82) is 0 Å². The van der Waals surface area contributed by atoms with E-state index in [-0.39, 0.29) is 0 Å². The van der Waals surface area contributed by atoms with Gasteiger partial charge in [-0.05, 0) is 30.6 Å². The van der Waals surface area contributed by atoms with Gasteiger partial charge in [-0.1, -0.05) is 42.5 Å². The fraction of sp³-hybridized carbons (Fsp3) is 0.211. The number of rotatable bonds is 7. The summed E-state index contributed by atoms with van der Waals surface area (Å²) in [6.07, 6.45) is 2.49. The number of benzene rings is 2. The monoisotopic (exact) mass is 353 g/mol. The molecule has 1 aromatic heterocycles. The maximum Gasteiger partial charge on any atom is 0.326 e. The molecule has 3 rings (SSSR count). The van der Waals surface area contributed by atoms with Crippen LogP contribution in [0.5, 0.6) is 0 Å². The summed E-state index contributed by atoms with van der Waals surface area (Å²) in [5.41, 5.74) is 1.68. The molecule has 1 heterocycles. The number of aliphatic carboxylic acids is 1. The minimum Gasteiger partial charge on any atom is -0.480 e. The molecule has 0 aliphatic carbocycles. The molecule has 0 saturated heterocycles. The van der Waals surface area contributed by atoms with Crippen LogP contribution in [0.25, 0.3) is 22.3 Å². The first kappa shape index (κ1) is 17.2. The highest BCUT2D eigenvalue weighted by Crippen LogP contribution is 2.25. The second-order valence-corrected chi connectivity index (χ2v) is 6.58. The number of carboxylic acid groups (broad SMARTS) is 1. The Morgan fingerprint density at radius 1 is 1.12 bits per heavy atom. The van der Waals surface area contributed by atoms with E-state index in [1.165, 1.54) is 0 Å². The summed E-state index contributed by atoms with van der Waals surface area (Å²) >= 11 is 1.63. The highest BCUT2D eigenvalue weighted by atomic mass is 32.2. The van der Waals surface area contributed by atoms with Crippen LogP contribution in [0.3, 0.4) is 0 Å². The second kappa shape index (κ2) is 7.98. The van der Waals surface area contributed by atoms with Crippen molar-refractivity contribution in [2.75, 3.05) is 17.3 Å². The Kier molecular flexibility index (Phi) is 5.50. The van der Waals surface area contributed by atoms with Crippen LogP contribution in [0.2, 0.25) is 0 Å². The number of hydrogen-bond donors (Lipinski definition) is 2. The third kappa shape index (κ3) is 4.09. The van der Waals surface area contributed by atoms with Gasteiger partial charge in [0.1, 0.15) is 11.9 Å². The zero-order valence-electron chi connectivity index (χ0n) is 13.8. The number of anilines is 1. The standard InChI is InChI=1S/C19H19N3O2S/c1-25-12-11-16(19(23)24)21-18-14-9-5-6-10-15(14)20-17(22-18)13-7-3-2-4-8-13/h2-10,16H,11-12H2,1H3,(H,23,24)(H,20,21,22)/t16-/m1/s1. The van der Waals surface area contributed by atoms with Crippen molar-refractivity contribution in [1.82, 2.24) is 9.97 Å². The smallest absolute Gasteiger partial charge is 0.326 e. The van der Waals surface area contributed by atoms with Crippen LogP contribution in [0.4, 0.5) is 5.82 Å². The minimum atomic E-state index is -0.877. The normalized spacial score (nSPS) is 12.0. The van der Waals surface area contributed by atoms with Crippen LogP contribution < -0.4 is 5.32 Å². The van der Waals surface area contributed by atoms with Crippen molar-refractivity contribution in [3.05, 3.63) is 54.6 Å². The Hall–Kier alpha value is -2.60. The van der Waals surface area contributed by atoms with Gasteiger partial charge in [0.05, 0.1) is 5.52 Å². The van der Waals surface area contributed by atoms with E-state index >= 15 is 0 Å². The first-order chi connectivity index (χ1) is 12.2. The number of carboxylic acids is 1. The average molecular weight is 353 g/mol. The van der Waals surface area contributed by atoms with E-state index in [2.05, 4.69) is 15.3 Å². The Labute approximate surface area is 150 Å². The molecule has 128 valence electrons. The van der Waals surface area contributed by atoms with Gasteiger partial charge in [0, 0.05) is 10.9 Å². The summed E-state index contributed by atoms with van der Waals surface area (Å²) in [5.74, 6) is 1.02. The van der Waals surface area contributed by atoms with E-state index in [1.807, 2.05) is 60.9 Å². The van der Waals surface area contributed by atoms with Gasteiger partial charge >= 0.3 is 5.97 Å². The zero-order valence-corrected chi connectivity index (χ0v) is 14.7. The second-order valence-electron chi connectivity index (χ2n) is 5.60. The molecule has 3 aromatic rings. The summed E-state index contributed by atoms with van der Waals surface area (Å²) in [5, 5.41) is 13.4. The molecular weight excluding hydrogens is 334 g/mol. The predicted octanol–water partition coefficient (Wildman–Crippen LogP) is 3.92. The summed E-state index contributed by atoms with van der Waals surface area (Å²) in [7, 11) is 0. The maximum atomic E-state index is 11.6. The molecule has 0 aliphatic heterocycles. The van der Waals surface area contributed by atoms with Gasteiger partial charge in [-0.3, -0.25) is 0 Å². The topological polar surface area (TPSA) is 75.1 Å². The van der Waals surface area contributed by atoms with Crippen molar-refractivity contribution in [3.63, 3.8) is 0 Å². The highest BCUT2D eigenvalue weighted by molar-refractivity contribution is 7.98. The first-order valence-corrected chi connectivity index (χ1v) is 9.39. The fourth-order valence-corrected chi connectivity index (χ4v) is 3.03. The molecule has 0 spiro atoms. The molecule has 1 atom stereocenters. The highest BCUT2D eigenvalue weighted by Gasteiger charge is 2.19. The number of nitrogens with one attached hydrogen (secondary N) is 1. The third-order valence-electron chi connectivity index (χ3n) is 3.85. The van der Waals surface area contributed by atoms with Gasteiger partial charge < -0.3 is 10.4 Å². The van der Waals surface area contributed by atoms with E-state index in [4.69, 9.17) is 0 Å². The van der Waals surface area contributed by atoms with Crippen molar-refractivity contribution in [3.8, 4) is 11.4 Å². The van der Waals surface area contributed by atoms with Gasteiger partial charge in [0.25, 0.3) is 0 Å². The molecule has 0 unspecified atom stereocenters. The van der Waals surface area contributed by atoms with Crippen molar-refractivity contribution in [2.24, 2.45) is 0 Å². The van der Waals surface area contributed by atoms with Gasteiger partial charge in [-0.15, -0.1) is 0 Å². The molecule has 25 heavy (non-hydrogen) atoms. The molecule has 2 aromatic carbocycles. The van der Waals surface area contributed by atoms with E-state index < -0.39 is 12.0 Å². The van der Waals surface area contributed by atoms with Gasteiger partial charge in [0.15, 0.2) is 5.82 Å². The summed E-state index contributed by atoms with van der Waals surface area (Å²) in [6, 6.07) is 16.6. The number of para-hydroxylation sites is 1. The SMILES string of the molecule is CSCC[C@@H](Nc1nc(-c2ccccc2)nc2ccccc12)C(=O)O. The number of carbonyl (C=O) groups is 1. The third-order valence-corrected chi connectivity index (χ3v) is 4.50. The zero-order chi connectivity index (χ0) is 17.6. The average Bonchev–Trinajstić information content (AvgIpc) is 2.65. The number of aromatic nitrogens is 2. The molecule has 0 saturated carbocycles. The van der Waals surface area contributed by atoms with Crippen LogP contribution in [-0.2, 0) is 4.79 Å². The molecule has 2 N–H and O–H groups in total. The van der Waals surface area contributed by atoms with E-state index in [0.717, 1.165) is 22.2 Å². The quantitative estimate of drug-likeness (QED) is 0.671. The number of thioether (sulfide) groups is 1. The van der Waals surface area contributed by atoms with E-state index in [0.29, 0.717) is 18.1 Å². The van der Waals surface area contributed by atoms with Crippen LogP contribution in [0.1, 0.15) is 6.42 Å². The summed E-state index contributed by atoms with van der Waals surface area (Å²) in [6.45, 7) is 0. The lowest BCUT2D eigenvalue weighted by Crippen LogP contribution is -2.30. The molecule has 6 heteroatoms. The lowest BCUT2D eigenvalue weighted by Gasteiger charge is -2.17. The molecule has 0 radical (unpaired) electrons. The number of nitrogens with zero attached hydrogens (tertiary/aromatic N) is 2. The Morgan fingerprint density at radius 2 is 1.84 bits per heavy atom. The maximum absolute atomic E-state index is 11.6. The molecule has 0 bridgehead atoms. The van der Waals surface area contributed by atoms with Gasteiger partial charge in [-0.25, -0.2) is 14.8 Å². The molecule has 5 nitrogen and oxygen atoms in total. The van der Waals surface area contributed by atoms with Gasteiger partial charge in [-0.2, -0.15) is 11.8 Å². The van der Waals surface area contributed by atoms with Gasteiger partial charge in [0.2, 0.25) is 0 Å². The lowest BCUT2D eigenvalue weighted by molar-refractivity contribution is -0.137. The fourth-order valence-electron chi connectivity index (χ4n) is 2.56. The van der Waals surface area contributed by atoms with E-state index in [1.54, 1.807) is 11.8 Å². The van der Waals surface area contributed by atoms with Crippen molar-refractivity contribution in [2.45, 2.75) is 12.5 Å². The minimum absolute atomic E-state index is 0.523. The van der Waals surface area contributed by atoms with Crippen LogP contribution in [-0.4, -0.2) is 39.1 Å². The largest absolute Gasteiger partial charge is 0.480 e. The Balaban J connectivity index is 2.04. The van der Waals surface area contributed by atoms with Crippen molar-refractivity contribution >= 4 is 34.5 Å².